The summed E-state index contributed by atoms with van der Waals surface area (Å²) >= 11 is 1.56. The van der Waals surface area contributed by atoms with Crippen LogP contribution in [0.1, 0.15) is 24.3 Å². The number of nitrogens with zero attached hydrogens (tertiary/aromatic N) is 2. The molecule has 0 aliphatic heterocycles. The summed E-state index contributed by atoms with van der Waals surface area (Å²) in [6, 6.07) is 10.4. The Labute approximate surface area is 133 Å². The first-order valence-corrected chi connectivity index (χ1v) is 8.26. The third-order valence-electron chi connectivity index (χ3n) is 2.99. The van der Waals surface area contributed by atoms with Gasteiger partial charge in [-0.15, -0.1) is 11.8 Å². The Morgan fingerprint density at radius 1 is 1.27 bits per heavy atom. The maximum Gasteiger partial charge on any atom is 0.276 e. The second kappa shape index (κ2) is 7.26. The Balaban J connectivity index is 2.24. The zero-order chi connectivity index (χ0) is 16.1. The minimum absolute atomic E-state index is 0.199. The Kier molecular flexibility index (Phi) is 5.38. The summed E-state index contributed by atoms with van der Waals surface area (Å²) in [5.74, 6) is -0.0419. The van der Waals surface area contributed by atoms with Crippen LogP contribution in [0, 0.1) is 5.92 Å². The maximum absolute atomic E-state index is 12.3. The third kappa shape index (κ3) is 3.98. The summed E-state index contributed by atoms with van der Waals surface area (Å²) < 4.78 is 1.33. The number of amides is 1. The van der Waals surface area contributed by atoms with Crippen molar-refractivity contribution in [1.29, 1.82) is 0 Å². The van der Waals surface area contributed by atoms with E-state index in [-0.39, 0.29) is 23.1 Å². The molecule has 2 rings (SSSR count). The SMILES string of the molecule is CSc1ccccc1NC(=O)c1ccc(=O)n(CC(C)C)n1. The average Bonchev–Trinajstić information content (AvgIpc) is 2.49. The van der Waals surface area contributed by atoms with Gasteiger partial charge in [0.2, 0.25) is 0 Å². The number of rotatable bonds is 5. The number of aromatic nitrogens is 2. The van der Waals surface area contributed by atoms with Gasteiger partial charge in [0, 0.05) is 17.5 Å². The van der Waals surface area contributed by atoms with Crippen LogP contribution in [0.5, 0.6) is 0 Å². The van der Waals surface area contributed by atoms with E-state index in [9.17, 15) is 9.59 Å². The van der Waals surface area contributed by atoms with Crippen LogP contribution in [-0.2, 0) is 6.54 Å². The first-order valence-electron chi connectivity index (χ1n) is 7.04. The average molecular weight is 317 g/mol. The van der Waals surface area contributed by atoms with Gasteiger partial charge in [-0.1, -0.05) is 26.0 Å². The molecule has 0 radical (unpaired) electrons. The van der Waals surface area contributed by atoms with E-state index in [1.807, 2.05) is 44.4 Å². The fourth-order valence-electron chi connectivity index (χ4n) is 1.98. The van der Waals surface area contributed by atoms with Gasteiger partial charge in [-0.2, -0.15) is 5.10 Å². The van der Waals surface area contributed by atoms with Crippen LogP contribution in [0.3, 0.4) is 0 Å². The molecule has 0 spiro atoms. The van der Waals surface area contributed by atoms with Gasteiger partial charge in [0.05, 0.1) is 5.69 Å². The Hall–Kier alpha value is -2.08. The molecule has 116 valence electrons. The van der Waals surface area contributed by atoms with Gasteiger partial charge in [-0.3, -0.25) is 9.59 Å². The molecule has 0 atom stereocenters. The minimum atomic E-state index is -0.320. The molecule has 0 bridgehead atoms. The quantitative estimate of drug-likeness (QED) is 0.861. The van der Waals surface area contributed by atoms with E-state index in [4.69, 9.17) is 0 Å². The molecule has 1 aromatic carbocycles. The van der Waals surface area contributed by atoms with Gasteiger partial charge in [-0.05, 0) is 30.4 Å². The van der Waals surface area contributed by atoms with E-state index in [1.165, 1.54) is 16.8 Å². The van der Waals surface area contributed by atoms with Crippen molar-refractivity contribution >= 4 is 23.4 Å². The smallest absolute Gasteiger partial charge is 0.276 e. The van der Waals surface area contributed by atoms with Crippen molar-refractivity contribution in [2.45, 2.75) is 25.3 Å². The van der Waals surface area contributed by atoms with E-state index in [2.05, 4.69) is 10.4 Å². The fraction of sp³-hybridized carbons (Fsp3) is 0.312. The lowest BCUT2D eigenvalue weighted by Crippen LogP contribution is -2.27. The molecule has 1 N–H and O–H groups in total. The first-order chi connectivity index (χ1) is 10.5. The molecule has 6 heteroatoms. The molecule has 5 nitrogen and oxygen atoms in total. The van der Waals surface area contributed by atoms with Crippen molar-refractivity contribution in [3.05, 3.63) is 52.4 Å². The molecule has 0 unspecified atom stereocenters. The number of benzene rings is 1. The monoisotopic (exact) mass is 317 g/mol. The summed E-state index contributed by atoms with van der Waals surface area (Å²) in [4.78, 5) is 25.1. The number of carbonyl (C=O) groups excluding carboxylic acids is 1. The summed E-state index contributed by atoms with van der Waals surface area (Å²) in [6.07, 6.45) is 1.95. The Morgan fingerprint density at radius 2 is 2.00 bits per heavy atom. The summed E-state index contributed by atoms with van der Waals surface area (Å²) in [6.45, 7) is 4.48. The van der Waals surface area contributed by atoms with Crippen LogP contribution in [0.2, 0.25) is 0 Å². The Bertz CT molecular complexity index is 725. The zero-order valence-corrected chi connectivity index (χ0v) is 13.7. The molecule has 0 saturated heterocycles. The molecule has 1 aromatic heterocycles. The molecule has 0 saturated carbocycles. The van der Waals surface area contributed by atoms with Crippen molar-refractivity contribution in [2.24, 2.45) is 5.92 Å². The minimum Gasteiger partial charge on any atom is -0.320 e. The number of thioether (sulfide) groups is 1. The van der Waals surface area contributed by atoms with Crippen LogP contribution < -0.4 is 10.9 Å². The second-order valence-corrected chi connectivity index (χ2v) is 6.14. The third-order valence-corrected chi connectivity index (χ3v) is 3.79. The predicted octanol–water partition coefficient (Wildman–Crippen LogP) is 2.87. The molecule has 0 aliphatic rings. The molecule has 22 heavy (non-hydrogen) atoms. The van der Waals surface area contributed by atoms with Gasteiger partial charge in [0.25, 0.3) is 11.5 Å². The summed E-state index contributed by atoms with van der Waals surface area (Å²) in [7, 11) is 0. The van der Waals surface area contributed by atoms with Gasteiger partial charge in [0.1, 0.15) is 5.69 Å². The topological polar surface area (TPSA) is 64.0 Å². The van der Waals surface area contributed by atoms with Crippen molar-refractivity contribution in [3.8, 4) is 0 Å². The molecule has 1 amide bonds. The maximum atomic E-state index is 12.3. The van der Waals surface area contributed by atoms with Gasteiger partial charge in [0.15, 0.2) is 0 Å². The first kappa shape index (κ1) is 16.3. The standard InChI is InChI=1S/C16H19N3O2S/c1-11(2)10-19-15(20)9-8-13(18-19)16(21)17-12-6-4-5-7-14(12)22-3/h4-9,11H,10H2,1-3H3,(H,17,21). The van der Waals surface area contributed by atoms with E-state index in [1.54, 1.807) is 11.8 Å². The number of anilines is 1. The lowest BCUT2D eigenvalue weighted by molar-refractivity contribution is 0.101. The van der Waals surface area contributed by atoms with E-state index in [0.717, 1.165) is 10.6 Å². The molecular weight excluding hydrogens is 298 g/mol. The largest absolute Gasteiger partial charge is 0.320 e. The van der Waals surface area contributed by atoms with Crippen LogP contribution in [0.25, 0.3) is 0 Å². The highest BCUT2D eigenvalue weighted by Gasteiger charge is 2.12. The highest BCUT2D eigenvalue weighted by atomic mass is 32.2. The van der Waals surface area contributed by atoms with E-state index in [0.29, 0.717) is 6.54 Å². The lowest BCUT2D eigenvalue weighted by Gasteiger charge is -2.11. The highest BCUT2D eigenvalue weighted by molar-refractivity contribution is 7.98. The van der Waals surface area contributed by atoms with Gasteiger partial charge in [-0.25, -0.2) is 4.68 Å². The predicted molar refractivity (Wildman–Crippen MR) is 89.5 cm³/mol. The normalized spacial score (nSPS) is 10.7. The summed E-state index contributed by atoms with van der Waals surface area (Å²) in [5.41, 5.74) is 0.773. The van der Waals surface area contributed by atoms with Crippen molar-refractivity contribution < 1.29 is 4.79 Å². The number of para-hydroxylation sites is 1. The number of hydrogen-bond acceptors (Lipinski definition) is 4. The van der Waals surface area contributed by atoms with Crippen LogP contribution in [0.4, 0.5) is 5.69 Å². The highest BCUT2D eigenvalue weighted by Crippen LogP contribution is 2.24. The van der Waals surface area contributed by atoms with Crippen molar-refractivity contribution in [2.75, 3.05) is 11.6 Å². The van der Waals surface area contributed by atoms with Gasteiger partial charge < -0.3 is 5.32 Å². The molecule has 2 aromatic rings. The van der Waals surface area contributed by atoms with Crippen LogP contribution in [0.15, 0.2) is 46.1 Å². The van der Waals surface area contributed by atoms with E-state index < -0.39 is 0 Å². The van der Waals surface area contributed by atoms with E-state index >= 15 is 0 Å². The molecule has 0 fully saturated rings. The summed E-state index contributed by atoms with van der Waals surface area (Å²) in [5, 5.41) is 6.99. The van der Waals surface area contributed by atoms with Crippen molar-refractivity contribution in [3.63, 3.8) is 0 Å². The lowest BCUT2D eigenvalue weighted by atomic mass is 10.2. The zero-order valence-electron chi connectivity index (χ0n) is 12.9. The second-order valence-electron chi connectivity index (χ2n) is 5.29. The van der Waals surface area contributed by atoms with Crippen LogP contribution in [-0.4, -0.2) is 21.9 Å². The fourth-order valence-corrected chi connectivity index (χ4v) is 2.53. The van der Waals surface area contributed by atoms with Crippen molar-refractivity contribution in [1.82, 2.24) is 9.78 Å². The Morgan fingerprint density at radius 3 is 2.68 bits per heavy atom. The molecule has 1 heterocycles. The van der Waals surface area contributed by atoms with Crippen LogP contribution >= 0.6 is 11.8 Å². The number of nitrogens with one attached hydrogen (secondary N) is 1. The van der Waals surface area contributed by atoms with Gasteiger partial charge >= 0.3 is 0 Å². The molecular formula is C16H19N3O2S. The number of hydrogen-bond donors (Lipinski definition) is 1. The molecule has 0 aliphatic carbocycles. The number of carbonyl (C=O) groups is 1.